The molecule has 0 spiro atoms. The van der Waals surface area contributed by atoms with Crippen LogP contribution in [0.15, 0.2) is 6.20 Å². The number of thioether (sulfide) groups is 1. The highest BCUT2D eigenvalue weighted by Crippen LogP contribution is 2.18. The number of nitrogens with zero attached hydrogens (tertiary/aromatic N) is 2. The van der Waals surface area contributed by atoms with Crippen LogP contribution in [-0.2, 0) is 18.7 Å². The van der Waals surface area contributed by atoms with Gasteiger partial charge in [0.25, 0.3) is 0 Å². The third kappa shape index (κ3) is 4.64. The first-order valence-electron chi connectivity index (χ1n) is 6.36. The molecule has 1 aromatic heterocycles. The second kappa shape index (κ2) is 7.67. The van der Waals surface area contributed by atoms with Crippen LogP contribution in [0.1, 0.15) is 50.7 Å². The van der Waals surface area contributed by atoms with Gasteiger partial charge in [-0.25, -0.2) is 9.97 Å². The van der Waals surface area contributed by atoms with Crippen LogP contribution in [0.5, 0.6) is 0 Å². The van der Waals surface area contributed by atoms with Gasteiger partial charge in [0.2, 0.25) is 0 Å². The van der Waals surface area contributed by atoms with Gasteiger partial charge in [-0.05, 0) is 12.8 Å². The summed E-state index contributed by atoms with van der Waals surface area (Å²) in [6.45, 7) is 7.15. The number of hydrogen-bond acceptors (Lipinski definition) is 4. The van der Waals surface area contributed by atoms with Crippen molar-refractivity contribution in [2.24, 2.45) is 5.73 Å². The second-order valence-corrected chi connectivity index (χ2v) is 5.67. The molecule has 0 aliphatic carbocycles. The summed E-state index contributed by atoms with van der Waals surface area (Å²) in [5, 5.41) is 0.669. The summed E-state index contributed by atoms with van der Waals surface area (Å²) in [6.07, 6.45) is 5.18. The quantitative estimate of drug-likeness (QED) is 0.812. The first kappa shape index (κ1) is 14.5. The summed E-state index contributed by atoms with van der Waals surface area (Å²) in [5.41, 5.74) is 7.91. The molecule has 0 radical (unpaired) electrons. The number of nitrogens with two attached hydrogens (primary N) is 1. The molecule has 0 fully saturated rings. The maximum atomic E-state index is 5.69. The predicted octanol–water partition coefficient (Wildman–Crippen LogP) is 2.92. The van der Waals surface area contributed by atoms with Crippen molar-refractivity contribution >= 4 is 11.8 Å². The van der Waals surface area contributed by atoms with Gasteiger partial charge in [0.05, 0.1) is 5.75 Å². The lowest BCUT2D eigenvalue weighted by Gasteiger charge is -2.10. The monoisotopic (exact) mass is 253 g/mol. The van der Waals surface area contributed by atoms with Gasteiger partial charge in [-0.1, -0.05) is 27.2 Å². The van der Waals surface area contributed by atoms with Gasteiger partial charge in [-0.15, -0.1) is 0 Å². The minimum Gasteiger partial charge on any atom is -0.326 e. The fourth-order valence-electron chi connectivity index (χ4n) is 1.51. The highest BCUT2D eigenvalue weighted by molar-refractivity contribution is 7.99. The molecule has 1 rings (SSSR count). The second-order valence-electron chi connectivity index (χ2n) is 4.24. The largest absolute Gasteiger partial charge is 0.326 e. The van der Waals surface area contributed by atoms with E-state index in [4.69, 9.17) is 5.73 Å². The predicted molar refractivity (Wildman–Crippen MR) is 75.0 cm³/mol. The topological polar surface area (TPSA) is 51.8 Å². The van der Waals surface area contributed by atoms with Crippen LogP contribution < -0.4 is 5.73 Å². The van der Waals surface area contributed by atoms with Crippen molar-refractivity contribution in [2.75, 3.05) is 0 Å². The molecular weight excluding hydrogens is 230 g/mol. The summed E-state index contributed by atoms with van der Waals surface area (Å²) in [7, 11) is 0. The molecule has 0 aliphatic heterocycles. The number of rotatable bonds is 7. The Morgan fingerprint density at radius 2 is 2.18 bits per heavy atom. The van der Waals surface area contributed by atoms with E-state index in [9.17, 15) is 0 Å². The Labute approximate surface area is 109 Å². The molecule has 1 heterocycles. The molecule has 3 nitrogen and oxygen atoms in total. The summed E-state index contributed by atoms with van der Waals surface area (Å²) in [4.78, 5) is 9.01. The molecule has 1 aromatic rings. The van der Waals surface area contributed by atoms with E-state index < -0.39 is 0 Å². The minimum atomic E-state index is 0.536. The van der Waals surface area contributed by atoms with E-state index >= 15 is 0 Å². The molecule has 96 valence electrons. The molecule has 0 aliphatic rings. The highest BCUT2D eigenvalue weighted by Gasteiger charge is 2.07. The van der Waals surface area contributed by atoms with Gasteiger partial charge >= 0.3 is 0 Å². The Morgan fingerprint density at radius 1 is 1.41 bits per heavy atom. The van der Waals surface area contributed by atoms with Crippen LogP contribution in [0.2, 0.25) is 0 Å². The number of hydrogen-bond donors (Lipinski definition) is 1. The van der Waals surface area contributed by atoms with Gasteiger partial charge in [0, 0.05) is 29.2 Å². The first-order chi connectivity index (χ1) is 8.21. The third-order valence-corrected chi connectivity index (χ3v) is 4.11. The lowest BCUT2D eigenvalue weighted by Crippen LogP contribution is -2.08. The average Bonchev–Trinajstić information content (AvgIpc) is 2.36. The molecule has 0 aromatic carbocycles. The van der Waals surface area contributed by atoms with E-state index in [2.05, 4.69) is 30.7 Å². The van der Waals surface area contributed by atoms with E-state index in [-0.39, 0.29) is 0 Å². The van der Waals surface area contributed by atoms with Crippen molar-refractivity contribution in [1.29, 1.82) is 0 Å². The molecule has 17 heavy (non-hydrogen) atoms. The van der Waals surface area contributed by atoms with E-state index in [0.717, 1.165) is 35.7 Å². The van der Waals surface area contributed by atoms with Crippen molar-refractivity contribution in [3.05, 3.63) is 23.3 Å². The zero-order valence-electron chi connectivity index (χ0n) is 11.1. The maximum Gasteiger partial charge on any atom is 0.138 e. The fourth-order valence-corrected chi connectivity index (χ4v) is 2.32. The number of aryl methyl sites for hydroxylation is 1. The first-order valence-corrected chi connectivity index (χ1v) is 7.41. The Hall–Kier alpha value is -0.610. The third-order valence-electron chi connectivity index (χ3n) is 2.78. The molecular formula is C13H23N3S. The molecule has 0 bridgehead atoms. The maximum absolute atomic E-state index is 5.69. The van der Waals surface area contributed by atoms with Gasteiger partial charge in [-0.2, -0.15) is 11.8 Å². The van der Waals surface area contributed by atoms with E-state index in [1.807, 2.05) is 18.0 Å². The smallest absolute Gasteiger partial charge is 0.138 e. The zero-order chi connectivity index (χ0) is 12.7. The average molecular weight is 253 g/mol. The fraction of sp³-hybridized carbons (Fsp3) is 0.692. The number of aromatic nitrogens is 2. The normalized spacial score (nSPS) is 12.7. The van der Waals surface area contributed by atoms with Gasteiger partial charge in [0.15, 0.2) is 0 Å². The van der Waals surface area contributed by atoms with Crippen LogP contribution in [0.3, 0.4) is 0 Å². The van der Waals surface area contributed by atoms with Crippen molar-refractivity contribution in [1.82, 2.24) is 9.97 Å². The Kier molecular flexibility index (Phi) is 6.52. The van der Waals surface area contributed by atoms with Crippen LogP contribution >= 0.6 is 11.8 Å². The lowest BCUT2D eigenvalue weighted by molar-refractivity contribution is 0.817. The molecule has 0 saturated heterocycles. The molecule has 2 N–H and O–H groups in total. The van der Waals surface area contributed by atoms with Crippen molar-refractivity contribution in [3.63, 3.8) is 0 Å². The summed E-state index contributed by atoms with van der Waals surface area (Å²) in [5.74, 6) is 1.84. The van der Waals surface area contributed by atoms with Gasteiger partial charge in [-0.3, -0.25) is 0 Å². The van der Waals surface area contributed by atoms with Crippen molar-refractivity contribution < 1.29 is 0 Å². The summed E-state index contributed by atoms with van der Waals surface area (Å²) in [6, 6.07) is 0. The van der Waals surface area contributed by atoms with Crippen LogP contribution in [-0.4, -0.2) is 15.2 Å². The van der Waals surface area contributed by atoms with Crippen molar-refractivity contribution in [2.45, 2.75) is 57.6 Å². The lowest BCUT2D eigenvalue weighted by atomic mass is 10.1. The Balaban J connectivity index is 2.70. The van der Waals surface area contributed by atoms with E-state index in [1.54, 1.807) is 0 Å². The molecule has 4 heteroatoms. The Morgan fingerprint density at radius 3 is 2.76 bits per heavy atom. The molecule has 0 saturated carbocycles. The minimum absolute atomic E-state index is 0.536. The van der Waals surface area contributed by atoms with E-state index in [1.165, 1.54) is 6.42 Å². The van der Waals surface area contributed by atoms with Crippen LogP contribution in [0.4, 0.5) is 0 Å². The van der Waals surface area contributed by atoms with Gasteiger partial charge < -0.3 is 5.73 Å². The Bertz CT molecular complexity index is 341. The highest BCUT2D eigenvalue weighted by atomic mass is 32.2. The standard InChI is InChI=1S/C13H23N3S/c1-4-6-12-11(7-14)8-15-13(16-12)9-17-10(3)5-2/h8,10H,4-7,9,14H2,1-3H3. The van der Waals surface area contributed by atoms with Crippen molar-refractivity contribution in [3.8, 4) is 0 Å². The zero-order valence-corrected chi connectivity index (χ0v) is 11.9. The molecule has 1 unspecified atom stereocenters. The van der Waals surface area contributed by atoms with E-state index in [0.29, 0.717) is 11.8 Å². The summed E-state index contributed by atoms with van der Waals surface area (Å²) < 4.78 is 0. The summed E-state index contributed by atoms with van der Waals surface area (Å²) >= 11 is 1.91. The molecule has 0 amide bonds. The van der Waals surface area contributed by atoms with Gasteiger partial charge in [0.1, 0.15) is 5.82 Å². The molecule has 1 atom stereocenters. The van der Waals surface area contributed by atoms with Crippen LogP contribution in [0, 0.1) is 0 Å². The SMILES string of the molecule is CCCc1nc(CSC(C)CC)ncc1CN. The van der Waals surface area contributed by atoms with Crippen LogP contribution in [0.25, 0.3) is 0 Å².